The van der Waals surface area contributed by atoms with Gasteiger partial charge >= 0.3 is 0 Å². The maximum absolute atomic E-state index is 14.0. The van der Waals surface area contributed by atoms with Gasteiger partial charge in [0.05, 0.1) is 44.8 Å². The number of hydrogen-bond acceptors (Lipinski definition) is 6. The number of aryl methyl sites for hydroxylation is 4. The highest BCUT2D eigenvalue weighted by molar-refractivity contribution is 6.43. The summed E-state index contributed by atoms with van der Waals surface area (Å²) in [5.41, 5.74) is 3.05. The Hall–Kier alpha value is -5.60. The van der Waals surface area contributed by atoms with Crippen LogP contribution in [0.4, 0.5) is 11.4 Å². The normalized spacial score (nSPS) is 14.1. The standard InChI is InChI=1S/C32H20N4O4/c1-15-7-5-8-16(2)27(15)35-29(37)21-11-20(14-34)24-26-22(12-19(13-33)23(25(21)26)31(35)39)30(38)36(32(24)40)28-17(3)9-6-10-18(28)4/h5-12H,1-4H3. The second kappa shape index (κ2) is 8.45. The third-order valence-corrected chi connectivity index (χ3v) is 7.67. The lowest BCUT2D eigenvalue weighted by atomic mass is 9.81. The first-order valence-electron chi connectivity index (χ1n) is 12.5. The van der Waals surface area contributed by atoms with Crippen LogP contribution in [0.3, 0.4) is 0 Å². The molecule has 2 heterocycles. The molecule has 0 radical (unpaired) electrons. The van der Waals surface area contributed by atoms with E-state index in [4.69, 9.17) is 0 Å². The Labute approximate surface area is 229 Å². The Bertz CT molecular complexity index is 1820. The van der Waals surface area contributed by atoms with E-state index in [1.165, 1.54) is 12.1 Å². The molecule has 0 saturated carbocycles. The lowest BCUT2D eigenvalue weighted by molar-refractivity contribution is 0.0872. The molecular weight excluding hydrogens is 504 g/mol. The van der Waals surface area contributed by atoms with Crippen LogP contribution in [0.25, 0.3) is 10.8 Å². The first-order chi connectivity index (χ1) is 19.1. The molecule has 6 rings (SSSR count). The lowest BCUT2D eigenvalue weighted by Crippen LogP contribution is -2.45. The van der Waals surface area contributed by atoms with E-state index in [-0.39, 0.29) is 44.2 Å². The van der Waals surface area contributed by atoms with Crippen molar-refractivity contribution in [3.05, 3.63) is 104 Å². The monoisotopic (exact) mass is 524 g/mol. The second-order valence-electron chi connectivity index (χ2n) is 10.0. The van der Waals surface area contributed by atoms with Crippen LogP contribution in [0.15, 0.2) is 48.5 Å². The molecule has 4 aromatic carbocycles. The second-order valence-corrected chi connectivity index (χ2v) is 10.0. The highest BCUT2D eigenvalue weighted by Gasteiger charge is 2.44. The van der Waals surface area contributed by atoms with Gasteiger partial charge in [-0.2, -0.15) is 10.5 Å². The van der Waals surface area contributed by atoms with Crippen molar-refractivity contribution in [3.8, 4) is 12.1 Å². The quantitative estimate of drug-likeness (QED) is 0.323. The zero-order chi connectivity index (χ0) is 28.6. The average Bonchev–Trinajstić information content (AvgIpc) is 2.92. The van der Waals surface area contributed by atoms with Gasteiger partial charge in [-0.3, -0.25) is 19.2 Å². The Morgan fingerprint density at radius 2 is 0.875 bits per heavy atom. The Morgan fingerprint density at radius 1 is 0.550 bits per heavy atom. The average molecular weight is 525 g/mol. The molecule has 0 atom stereocenters. The summed E-state index contributed by atoms with van der Waals surface area (Å²) in [7, 11) is 0. The van der Waals surface area contributed by atoms with E-state index < -0.39 is 23.6 Å². The number of benzene rings is 4. The van der Waals surface area contributed by atoms with Gasteiger partial charge in [0.1, 0.15) is 12.1 Å². The number of anilines is 2. The number of nitriles is 2. The van der Waals surface area contributed by atoms with Crippen LogP contribution >= 0.6 is 0 Å². The summed E-state index contributed by atoms with van der Waals surface area (Å²) in [6.45, 7) is 7.07. The van der Waals surface area contributed by atoms with Crippen LogP contribution in [0.5, 0.6) is 0 Å². The van der Waals surface area contributed by atoms with E-state index in [1.807, 2.05) is 12.1 Å². The Balaban J connectivity index is 1.73. The molecule has 0 N–H and O–H groups in total. The van der Waals surface area contributed by atoms with Gasteiger partial charge in [-0.15, -0.1) is 0 Å². The number of hydrogen-bond donors (Lipinski definition) is 0. The molecule has 8 nitrogen and oxygen atoms in total. The molecule has 192 valence electrons. The van der Waals surface area contributed by atoms with Crippen molar-refractivity contribution in [2.24, 2.45) is 0 Å². The fourth-order valence-electron chi connectivity index (χ4n) is 5.97. The van der Waals surface area contributed by atoms with Crippen LogP contribution in [0.2, 0.25) is 0 Å². The van der Waals surface area contributed by atoms with E-state index in [9.17, 15) is 29.7 Å². The van der Waals surface area contributed by atoms with Gasteiger partial charge in [-0.1, -0.05) is 36.4 Å². The molecule has 0 aromatic heterocycles. The summed E-state index contributed by atoms with van der Waals surface area (Å²) in [4.78, 5) is 58.1. The van der Waals surface area contributed by atoms with Crippen molar-refractivity contribution in [1.29, 1.82) is 10.5 Å². The third-order valence-electron chi connectivity index (χ3n) is 7.67. The first kappa shape index (κ1) is 24.7. The highest BCUT2D eigenvalue weighted by atomic mass is 16.2. The number of imide groups is 2. The van der Waals surface area contributed by atoms with Gasteiger partial charge in [-0.05, 0) is 62.1 Å². The van der Waals surface area contributed by atoms with Crippen LogP contribution in [0.1, 0.15) is 74.8 Å². The molecule has 40 heavy (non-hydrogen) atoms. The molecule has 0 spiro atoms. The van der Waals surface area contributed by atoms with Gasteiger partial charge in [0.25, 0.3) is 23.6 Å². The summed E-state index contributed by atoms with van der Waals surface area (Å²) >= 11 is 0. The minimum Gasteiger partial charge on any atom is -0.268 e. The molecule has 2 aliphatic rings. The lowest BCUT2D eigenvalue weighted by Gasteiger charge is -2.34. The number of rotatable bonds is 2. The van der Waals surface area contributed by atoms with Crippen LogP contribution < -0.4 is 9.80 Å². The summed E-state index contributed by atoms with van der Waals surface area (Å²) in [5.74, 6) is -2.86. The Kier molecular flexibility index (Phi) is 5.22. The predicted octanol–water partition coefficient (Wildman–Crippen LogP) is 5.42. The molecule has 8 heteroatoms. The number of carbonyl (C=O) groups is 4. The fraction of sp³-hybridized carbons (Fsp3) is 0.125. The molecular formula is C32H20N4O4. The summed E-state index contributed by atoms with van der Waals surface area (Å²) in [6, 6.07) is 17.3. The number of amides is 4. The van der Waals surface area contributed by atoms with Gasteiger partial charge in [0.2, 0.25) is 0 Å². The van der Waals surface area contributed by atoms with E-state index in [0.29, 0.717) is 33.6 Å². The fourth-order valence-corrected chi connectivity index (χ4v) is 5.97. The summed E-state index contributed by atoms with van der Waals surface area (Å²) in [6.07, 6.45) is 0. The smallest absolute Gasteiger partial charge is 0.267 e. The van der Waals surface area contributed by atoms with Crippen molar-refractivity contribution in [2.45, 2.75) is 27.7 Å². The van der Waals surface area contributed by atoms with Crippen molar-refractivity contribution in [2.75, 3.05) is 9.80 Å². The molecule has 2 aliphatic heterocycles. The van der Waals surface area contributed by atoms with E-state index in [0.717, 1.165) is 9.80 Å². The molecule has 0 fully saturated rings. The predicted molar refractivity (Wildman–Crippen MR) is 147 cm³/mol. The third kappa shape index (κ3) is 3.05. The molecule has 0 saturated heterocycles. The van der Waals surface area contributed by atoms with Crippen LogP contribution in [-0.2, 0) is 0 Å². The van der Waals surface area contributed by atoms with Gasteiger partial charge in [0, 0.05) is 10.8 Å². The van der Waals surface area contributed by atoms with Crippen molar-refractivity contribution in [1.82, 2.24) is 0 Å². The number of nitrogens with zero attached hydrogens (tertiary/aromatic N) is 4. The van der Waals surface area contributed by atoms with Crippen LogP contribution in [-0.4, -0.2) is 23.6 Å². The van der Waals surface area contributed by atoms with Crippen molar-refractivity contribution in [3.63, 3.8) is 0 Å². The number of para-hydroxylation sites is 2. The zero-order valence-electron chi connectivity index (χ0n) is 22.0. The first-order valence-corrected chi connectivity index (χ1v) is 12.5. The van der Waals surface area contributed by atoms with E-state index in [2.05, 4.69) is 0 Å². The maximum atomic E-state index is 14.0. The summed E-state index contributed by atoms with van der Waals surface area (Å²) < 4.78 is 0. The molecule has 4 aromatic rings. The van der Waals surface area contributed by atoms with Crippen molar-refractivity contribution >= 4 is 45.8 Å². The van der Waals surface area contributed by atoms with Gasteiger partial charge in [-0.25, -0.2) is 9.80 Å². The van der Waals surface area contributed by atoms with Gasteiger partial charge in [0.15, 0.2) is 0 Å². The van der Waals surface area contributed by atoms with E-state index >= 15 is 0 Å². The summed E-state index contributed by atoms with van der Waals surface area (Å²) in [5, 5.41) is 20.4. The van der Waals surface area contributed by atoms with Crippen LogP contribution in [0, 0.1) is 50.4 Å². The Morgan fingerprint density at radius 3 is 1.18 bits per heavy atom. The minimum atomic E-state index is -0.731. The zero-order valence-corrected chi connectivity index (χ0v) is 22.0. The SMILES string of the molecule is Cc1cccc(C)c1N1C(=O)c2cc(C#N)c3c4c(cc(C#N)c(c24)C1=O)C(=O)N(c1c(C)cccc1C)C3=O. The molecule has 0 bridgehead atoms. The molecule has 0 unspecified atom stereocenters. The topological polar surface area (TPSA) is 122 Å². The van der Waals surface area contributed by atoms with Crippen molar-refractivity contribution < 1.29 is 19.2 Å². The molecule has 0 aliphatic carbocycles. The largest absolute Gasteiger partial charge is 0.268 e. The maximum Gasteiger partial charge on any atom is 0.267 e. The van der Waals surface area contributed by atoms with Gasteiger partial charge < -0.3 is 0 Å². The number of carbonyl (C=O) groups excluding carboxylic acids is 4. The molecule has 4 amide bonds. The minimum absolute atomic E-state index is 0.0213. The highest BCUT2D eigenvalue weighted by Crippen LogP contribution is 2.44. The van der Waals surface area contributed by atoms with E-state index in [1.54, 1.807) is 64.1 Å².